The SMILES string of the molecule is COC(=O)C(O)CNC(=O)c1ccc(C(Nc2nc(-c3ccc(OC(F)(F)F)cc3)cs2)c2ccc3c(c2)CCC3)cc1. The zero-order valence-electron chi connectivity index (χ0n) is 23.0. The second-order valence-corrected chi connectivity index (χ2v) is 10.8. The van der Waals surface area contributed by atoms with Crippen molar-refractivity contribution < 1.29 is 37.3 Å². The Morgan fingerprint density at radius 2 is 1.70 bits per heavy atom. The number of hydrogen-bond donors (Lipinski definition) is 3. The van der Waals surface area contributed by atoms with Crippen LogP contribution in [0.2, 0.25) is 0 Å². The summed E-state index contributed by atoms with van der Waals surface area (Å²) in [5.74, 6) is -1.59. The number of aliphatic hydroxyl groups is 1. The lowest BCUT2D eigenvalue weighted by Crippen LogP contribution is -2.37. The van der Waals surface area contributed by atoms with Gasteiger partial charge in [0.15, 0.2) is 11.2 Å². The van der Waals surface area contributed by atoms with Crippen molar-refractivity contribution in [1.82, 2.24) is 10.3 Å². The normalized spacial score (nSPS) is 14.0. The third-order valence-corrected chi connectivity index (χ3v) is 7.82. The van der Waals surface area contributed by atoms with Crippen molar-refractivity contribution in [3.8, 4) is 17.0 Å². The molecule has 2 unspecified atom stereocenters. The number of ether oxygens (including phenoxy) is 2. The molecule has 0 radical (unpaired) electrons. The molecule has 0 saturated heterocycles. The second-order valence-electron chi connectivity index (χ2n) is 9.94. The number of methoxy groups -OCH3 is 1. The number of aliphatic hydroxyl groups excluding tert-OH is 1. The van der Waals surface area contributed by atoms with E-state index in [0.717, 1.165) is 37.5 Å². The van der Waals surface area contributed by atoms with Crippen LogP contribution in [-0.4, -0.2) is 48.1 Å². The van der Waals surface area contributed by atoms with Crippen LogP contribution in [0.3, 0.4) is 0 Å². The third kappa shape index (κ3) is 7.51. The minimum Gasteiger partial charge on any atom is -0.467 e. The average Bonchev–Trinajstić information content (AvgIpc) is 3.67. The maximum Gasteiger partial charge on any atom is 0.573 e. The number of nitrogens with one attached hydrogen (secondary N) is 2. The number of esters is 1. The van der Waals surface area contributed by atoms with Gasteiger partial charge in [-0.15, -0.1) is 24.5 Å². The largest absolute Gasteiger partial charge is 0.573 e. The van der Waals surface area contributed by atoms with Gasteiger partial charge in [0.2, 0.25) is 0 Å². The zero-order valence-corrected chi connectivity index (χ0v) is 23.8. The van der Waals surface area contributed by atoms with Crippen molar-refractivity contribution in [3.63, 3.8) is 0 Å². The first-order valence-electron chi connectivity index (χ1n) is 13.4. The van der Waals surface area contributed by atoms with Gasteiger partial charge in [-0.25, -0.2) is 9.78 Å². The molecule has 2 atom stereocenters. The Morgan fingerprint density at radius 1 is 1.00 bits per heavy atom. The smallest absolute Gasteiger partial charge is 0.467 e. The van der Waals surface area contributed by atoms with Crippen LogP contribution in [-0.2, 0) is 22.4 Å². The van der Waals surface area contributed by atoms with Crippen molar-refractivity contribution in [2.24, 2.45) is 0 Å². The lowest BCUT2D eigenvalue weighted by molar-refractivity contribution is -0.274. The Hall–Kier alpha value is -4.42. The summed E-state index contributed by atoms with van der Waals surface area (Å²) in [5, 5.41) is 18.2. The van der Waals surface area contributed by atoms with E-state index < -0.39 is 24.3 Å². The van der Waals surface area contributed by atoms with Crippen molar-refractivity contribution in [2.45, 2.75) is 37.8 Å². The van der Waals surface area contributed by atoms with Crippen molar-refractivity contribution in [3.05, 3.63) is 99.9 Å². The number of nitrogens with zero attached hydrogens (tertiary/aromatic N) is 1. The number of anilines is 1. The fourth-order valence-corrected chi connectivity index (χ4v) is 5.64. The molecule has 1 heterocycles. The molecule has 1 aliphatic carbocycles. The molecule has 224 valence electrons. The van der Waals surface area contributed by atoms with Gasteiger partial charge < -0.3 is 25.2 Å². The molecule has 5 rings (SSSR count). The van der Waals surface area contributed by atoms with Crippen molar-refractivity contribution in [1.29, 1.82) is 0 Å². The molecule has 43 heavy (non-hydrogen) atoms. The molecule has 1 amide bonds. The van der Waals surface area contributed by atoms with E-state index in [9.17, 15) is 27.9 Å². The zero-order chi connectivity index (χ0) is 30.6. The van der Waals surface area contributed by atoms with Crippen molar-refractivity contribution >= 4 is 28.3 Å². The van der Waals surface area contributed by atoms with E-state index >= 15 is 0 Å². The van der Waals surface area contributed by atoms with Crippen molar-refractivity contribution in [2.75, 3.05) is 19.0 Å². The fraction of sp³-hybridized carbons (Fsp3) is 0.258. The molecule has 0 bridgehead atoms. The third-order valence-electron chi connectivity index (χ3n) is 7.05. The predicted molar refractivity (Wildman–Crippen MR) is 155 cm³/mol. The molecular formula is C31H28F3N3O5S. The molecule has 1 aromatic heterocycles. The highest BCUT2D eigenvalue weighted by Gasteiger charge is 2.31. The quantitative estimate of drug-likeness (QED) is 0.199. The summed E-state index contributed by atoms with van der Waals surface area (Å²) in [7, 11) is 1.15. The maximum atomic E-state index is 12.6. The standard InChI is InChI=1S/C31H28F3N3O5S/c1-41-29(40)26(38)16-35-28(39)21-8-6-20(7-9-21)27(23-10-5-18-3-2-4-22(18)15-23)37-30-36-25(17-43-30)19-11-13-24(14-12-19)42-31(32,33)34/h5-15,17,26-27,38H,2-4,16H2,1H3,(H,35,39)(H,36,37). The van der Waals surface area contributed by atoms with Gasteiger partial charge in [-0.1, -0.05) is 30.3 Å². The van der Waals surface area contributed by atoms with Gasteiger partial charge in [-0.2, -0.15) is 0 Å². The highest BCUT2D eigenvalue weighted by Crippen LogP contribution is 2.34. The van der Waals surface area contributed by atoms with E-state index in [2.05, 4.69) is 43.3 Å². The van der Waals surface area contributed by atoms with E-state index in [0.29, 0.717) is 22.0 Å². The van der Waals surface area contributed by atoms with Crippen LogP contribution in [0.15, 0.2) is 72.1 Å². The number of aromatic nitrogens is 1. The number of amides is 1. The predicted octanol–water partition coefficient (Wildman–Crippen LogP) is 5.66. The fourth-order valence-electron chi connectivity index (χ4n) is 4.89. The number of carbonyl (C=O) groups excluding carboxylic acids is 2. The summed E-state index contributed by atoms with van der Waals surface area (Å²) in [4.78, 5) is 28.7. The molecule has 0 aliphatic heterocycles. The molecule has 0 saturated carbocycles. The lowest BCUT2D eigenvalue weighted by Gasteiger charge is -2.21. The Labute approximate surface area is 249 Å². The molecule has 3 aromatic carbocycles. The number of fused-ring (bicyclic) bond motifs is 1. The van der Waals surface area contributed by atoms with Gasteiger partial charge in [-0.3, -0.25) is 4.79 Å². The topological polar surface area (TPSA) is 110 Å². The first kappa shape index (κ1) is 30.1. The summed E-state index contributed by atoms with van der Waals surface area (Å²) in [6.45, 7) is -0.281. The van der Waals surface area contributed by atoms with Crippen LogP contribution >= 0.6 is 11.3 Å². The Balaban J connectivity index is 1.36. The number of hydrogen-bond acceptors (Lipinski definition) is 8. The molecule has 0 spiro atoms. The number of aryl methyl sites for hydroxylation is 2. The van der Waals surface area contributed by atoms with Crippen LogP contribution < -0.4 is 15.4 Å². The number of thiazole rings is 1. The van der Waals surface area contributed by atoms with Crippen LogP contribution in [0, 0.1) is 0 Å². The van der Waals surface area contributed by atoms with Crippen LogP contribution in [0.1, 0.15) is 45.1 Å². The monoisotopic (exact) mass is 611 g/mol. The number of benzene rings is 3. The summed E-state index contributed by atoms with van der Waals surface area (Å²) >= 11 is 1.36. The van der Waals surface area contributed by atoms with Gasteiger partial charge in [0.1, 0.15) is 5.75 Å². The first-order valence-corrected chi connectivity index (χ1v) is 14.3. The van der Waals surface area contributed by atoms with E-state index in [-0.39, 0.29) is 18.3 Å². The molecule has 0 fully saturated rings. The molecule has 12 heteroatoms. The number of rotatable bonds is 10. The first-order chi connectivity index (χ1) is 20.6. The van der Waals surface area contributed by atoms with E-state index in [1.54, 1.807) is 12.1 Å². The molecule has 8 nitrogen and oxygen atoms in total. The van der Waals surface area contributed by atoms with Gasteiger partial charge in [0.05, 0.1) is 25.4 Å². The van der Waals surface area contributed by atoms with E-state index in [1.165, 1.54) is 46.7 Å². The van der Waals surface area contributed by atoms with Crippen LogP contribution in [0.25, 0.3) is 11.3 Å². The lowest BCUT2D eigenvalue weighted by atomic mass is 9.95. The molecule has 1 aliphatic rings. The number of alkyl halides is 3. The van der Waals surface area contributed by atoms with Gasteiger partial charge in [0, 0.05) is 16.5 Å². The van der Waals surface area contributed by atoms with Crippen LogP contribution in [0.5, 0.6) is 5.75 Å². The molecule has 3 N–H and O–H groups in total. The average molecular weight is 612 g/mol. The Bertz CT molecular complexity index is 1590. The molecule has 4 aromatic rings. The molecular weight excluding hydrogens is 583 g/mol. The minimum absolute atomic E-state index is 0.281. The Morgan fingerprint density at radius 3 is 2.40 bits per heavy atom. The Kier molecular flexibility index (Phi) is 8.97. The van der Waals surface area contributed by atoms with Crippen LogP contribution in [0.4, 0.5) is 18.3 Å². The summed E-state index contributed by atoms with van der Waals surface area (Å²) < 4.78 is 46.0. The van der Waals surface area contributed by atoms with Gasteiger partial charge >= 0.3 is 12.3 Å². The summed E-state index contributed by atoms with van der Waals surface area (Å²) in [5.41, 5.74) is 6.10. The summed E-state index contributed by atoms with van der Waals surface area (Å²) in [6, 6.07) is 18.6. The maximum absolute atomic E-state index is 12.6. The highest BCUT2D eigenvalue weighted by molar-refractivity contribution is 7.14. The number of carbonyl (C=O) groups is 2. The van der Waals surface area contributed by atoms with Gasteiger partial charge in [0.25, 0.3) is 5.91 Å². The summed E-state index contributed by atoms with van der Waals surface area (Å²) in [6.07, 6.45) is -3.07. The highest BCUT2D eigenvalue weighted by atomic mass is 32.1. The second kappa shape index (κ2) is 12.8. The van der Waals surface area contributed by atoms with E-state index in [1.807, 2.05) is 17.5 Å². The van der Waals surface area contributed by atoms with Gasteiger partial charge in [-0.05, 0) is 77.9 Å². The number of halogens is 3. The minimum atomic E-state index is -4.76. The van der Waals surface area contributed by atoms with E-state index in [4.69, 9.17) is 0 Å².